The lowest BCUT2D eigenvalue weighted by Crippen LogP contribution is -2.10. The summed E-state index contributed by atoms with van der Waals surface area (Å²) >= 11 is 0. The molecule has 1 N–H and O–H groups in total. The zero-order valence-electron chi connectivity index (χ0n) is 14.9. The van der Waals surface area contributed by atoms with Crippen LogP contribution in [0.5, 0.6) is 0 Å². The van der Waals surface area contributed by atoms with Gasteiger partial charge in [0.25, 0.3) is 0 Å². The second-order valence-electron chi connectivity index (χ2n) is 6.43. The Hall–Kier alpha value is -2.69. The van der Waals surface area contributed by atoms with Crippen LogP contribution in [0.3, 0.4) is 0 Å². The molecule has 3 rings (SSSR count). The molecular formula is C20H23N3O2. The predicted octanol–water partition coefficient (Wildman–Crippen LogP) is 4.39. The van der Waals surface area contributed by atoms with Crippen molar-refractivity contribution in [3.63, 3.8) is 0 Å². The van der Waals surface area contributed by atoms with Crippen LogP contribution in [-0.2, 0) is 6.54 Å². The van der Waals surface area contributed by atoms with Gasteiger partial charge in [-0.25, -0.2) is 14.8 Å². The van der Waals surface area contributed by atoms with Crippen molar-refractivity contribution in [2.24, 2.45) is 0 Å². The summed E-state index contributed by atoms with van der Waals surface area (Å²) in [5.41, 5.74) is 4.24. The van der Waals surface area contributed by atoms with Gasteiger partial charge in [0, 0.05) is 12.1 Å². The van der Waals surface area contributed by atoms with Crippen LogP contribution in [0.25, 0.3) is 11.2 Å². The van der Waals surface area contributed by atoms with Gasteiger partial charge in [0.05, 0.1) is 12.1 Å². The van der Waals surface area contributed by atoms with Gasteiger partial charge in [-0.05, 0) is 49.1 Å². The first-order valence-corrected chi connectivity index (χ1v) is 8.68. The van der Waals surface area contributed by atoms with Gasteiger partial charge in [0.15, 0.2) is 5.65 Å². The number of carbonyl (C=O) groups is 1. The Labute approximate surface area is 147 Å². The normalized spacial score (nSPS) is 11.4. The molecule has 0 unspecified atom stereocenters. The van der Waals surface area contributed by atoms with Crippen molar-refractivity contribution >= 4 is 17.1 Å². The molecule has 25 heavy (non-hydrogen) atoms. The van der Waals surface area contributed by atoms with E-state index < -0.39 is 5.97 Å². The number of rotatable bonds is 6. The summed E-state index contributed by atoms with van der Waals surface area (Å²) in [4.78, 5) is 20.5. The first-order valence-electron chi connectivity index (χ1n) is 8.68. The zero-order chi connectivity index (χ0) is 18.0. The highest BCUT2D eigenvalue weighted by molar-refractivity contribution is 5.87. The number of aromatic carboxylic acids is 1. The molecule has 0 radical (unpaired) electrons. The number of aromatic nitrogens is 3. The van der Waals surface area contributed by atoms with E-state index in [1.165, 1.54) is 0 Å². The SMILES string of the molecule is CCC(CC)c1nc2cc(C)cnc2n1Cc1ccc(C(=O)O)cc1. The van der Waals surface area contributed by atoms with Crippen LogP contribution in [-0.4, -0.2) is 25.6 Å². The van der Waals surface area contributed by atoms with Crippen LogP contribution in [0.15, 0.2) is 36.5 Å². The number of nitrogens with zero attached hydrogens (tertiary/aromatic N) is 3. The van der Waals surface area contributed by atoms with Gasteiger partial charge in [0.2, 0.25) is 0 Å². The number of carboxylic acids is 1. The lowest BCUT2D eigenvalue weighted by Gasteiger charge is -2.15. The Kier molecular flexibility index (Phi) is 4.83. The third-order valence-electron chi connectivity index (χ3n) is 4.64. The van der Waals surface area contributed by atoms with Crippen molar-refractivity contribution in [1.29, 1.82) is 0 Å². The van der Waals surface area contributed by atoms with Gasteiger partial charge in [-0.1, -0.05) is 26.0 Å². The highest BCUT2D eigenvalue weighted by atomic mass is 16.4. The number of aryl methyl sites for hydroxylation is 1. The molecule has 0 amide bonds. The highest BCUT2D eigenvalue weighted by Gasteiger charge is 2.19. The number of pyridine rings is 1. The zero-order valence-corrected chi connectivity index (χ0v) is 14.9. The Balaban J connectivity index is 2.06. The largest absolute Gasteiger partial charge is 0.478 e. The first kappa shape index (κ1) is 17.1. The van der Waals surface area contributed by atoms with Gasteiger partial charge in [0.1, 0.15) is 11.3 Å². The van der Waals surface area contributed by atoms with E-state index in [1.807, 2.05) is 25.3 Å². The molecule has 2 heterocycles. The number of benzene rings is 1. The quantitative estimate of drug-likeness (QED) is 0.724. The van der Waals surface area contributed by atoms with Gasteiger partial charge < -0.3 is 9.67 Å². The molecule has 5 nitrogen and oxygen atoms in total. The lowest BCUT2D eigenvalue weighted by atomic mass is 10.0. The topological polar surface area (TPSA) is 68.0 Å². The molecule has 5 heteroatoms. The van der Waals surface area contributed by atoms with E-state index in [4.69, 9.17) is 10.1 Å². The van der Waals surface area contributed by atoms with Crippen molar-refractivity contribution in [3.05, 3.63) is 59.0 Å². The molecular weight excluding hydrogens is 314 g/mol. The van der Waals surface area contributed by atoms with Gasteiger partial charge >= 0.3 is 5.97 Å². The van der Waals surface area contributed by atoms with Crippen LogP contribution in [0.2, 0.25) is 0 Å². The molecule has 0 spiro atoms. The maximum atomic E-state index is 11.0. The Morgan fingerprint density at radius 2 is 1.88 bits per heavy atom. The molecule has 0 fully saturated rings. The average molecular weight is 337 g/mol. The molecule has 0 saturated heterocycles. The summed E-state index contributed by atoms with van der Waals surface area (Å²) in [7, 11) is 0. The van der Waals surface area contributed by atoms with E-state index in [2.05, 4.69) is 29.5 Å². The summed E-state index contributed by atoms with van der Waals surface area (Å²) in [5, 5.41) is 9.06. The van der Waals surface area contributed by atoms with E-state index in [9.17, 15) is 4.79 Å². The van der Waals surface area contributed by atoms with E-state index in [-0.39, 0.29) is 0 Å². The minimum atomic E-state index is -0.908. The molecule has 0 saturated carbocycles. The Bertz CT molecular complexity index is 893. The molecule has 0 aliphatic heterocycles. The summed E-state index contributed by atoms with van der Waals surface area (Å²) in [6.45, 7) is 7.02. The summed E-state index contributed by atoms with van der Waals surface area (Å²) in [6.07, 6.45) is 3.91. The fourth-order valence-corrected chi connectivity index (χ4v) is 3.19. The molecule has 0 aliphatic carbocycles. The minimum Gasteiger partial charge on any atom is -0.478 e. The molecule has 0 bridgehead atoms. The third kappa shape index (κ3) is 3.40. The first-order chi connectivity index (χ1) is 12.0. The number of imidazole rings is 1. The molecule has 3 aromatic rings. The van der Waals surface area contributed by atoms with Crippen LogP contribution in [0.4, 0.5) is 0 Å². The van der Waals surface area contributed by atoms with Crippen molar-refractivity contribution in [1.82, 2.24) is 14.5 Å². The average Bonchev–Trinajstić information content (AvgIpc) is 2.94. The van der Waals surface area contributed by atoms with Crippen molar-refractivity contribution in [2.45, 2.75) is 46.1 Å². The van der Waals surface area contributed by atoms with Gasteiger partial charge in [-0.3, -0.25) is 0 Å². The maximum absolute atomic E-state index is 11.0. The molecule has 0 atom stereocenters. The second-order valence-corrected chi connectivity index (χ2v) is 6.43. The van der Waals surface area contributed by atoms with E-state index >= 15 is 0 Å². The molecule has 130 valence electrons. The van der Waals surface area contributed by atoms with Crippen molar-refractivity contribution < 1.29 is 9.90 Å². The molecule has 0 aliphatic rings. The number of fused-ring (bicyclic) bond motifs is 1. The highest BCUT2D eigenvalue weighted by Crippen LogP contribution is 2.27. The van der Waals surface area contributed by atoms with E-state index in [0.29, 0.717) is 18.0 Å². The number of hydrogen-bond acceptors (Lipinski definition) is 3. The van der Waals surface area contributed by atoms with Crippen LogP contribution in [0.1, 0.15) is 59.9 Å². The predicted molar refractivity (Wildman–Crippen MR) is 98.1 cm³/mol. The molecule has 1 aromatic carbocycles. The minimum absolute atomic E-state index is 0.299. The number of hydrogen-bond donors (Lipinski definition) is 1. The van der Waals surface area contributed by atoms with E-state index in [0.717, 1.165) is 41.0 Å². The Morgan fingerprint density at radius 3 is 2.48 bits per heavy atom. The standard InChI is InChI=1S/C20H23N3O2/c1-4-15(5-2)18-22-17-10-13(3)11-21-19(17)23(18)12-14-6-8-16(9-7-14)20(24)25/h6-11,15H,4-5,12H2,1-3H3,(H,24,25). The van der Waals surface area contributed by atoms with Crippen LogP contribution in [0, 0.1) is 6.92 Å². The summed E-state index contributed by atoms with van der Waals surface area (Å²) in [6, 6.07) is 9.08. The second kappa shape index (κ2) is 7.05. The fourth-order valence-electron chi connectivity index (χ4n) is 3.19. The maximum Gasteiger partial charge on any atom is 0.335 e. The Morgan fingerprint density at radius 1 is 1.20 bits per heavy atom. The van der Waals surface area contributed by atoms with Crippen molar-refractivity contribution in [2.75, 3.05) is 0 Å². The monoisotopic (exact) mass is 337 g/mol. The van der Waals surface area contributed by atoms with Gasteiger partial charge in [-0.15, -0.1) is 0 Å². The smallest absolute Gasteiger partial charge is 0.335 e. The summed E-state index contributed by atoms with van der Waals surface area (Å²) < 4.78 is 2.17. The number of carboxylic acid groups (broad SMARTS) is 1. The van der Waals surface area contributed by atoms with Crippen LogP contribution >= 0.6 is 0 Å². The van der Waals surface area contributed by atoms with Gasteiger partial charge in [-0.2, -0.15) is 0 Å². The summed E-state index contributed by atoms with van der Waals surface area (Å²) in [5.74, 6) is 0.530. The molecule has 2 aromatic heterocycles. The fraction of sp³-hybridized carbons (Fsp3) is 0.350. The van der Waals surface area contributed by atoms with Crippen LogP contribution < -0.4 is 0 Å². The third-order valence-corrected chi connectivity index (χ3v) is 4.64. The lowest BCUT2D eigenvalue weighted by molar-refractivity contribution is 0.0697. The van der Waals surface area contributed by atoms with Crippen molar-refractivity contribution in [3.8, 4) is 0 Å². The van der Waals surface area contributed by atoms with E-state index in [1.54, 1.807) is 12.1 Å².